The Hall–Kier alpha value is -1.22. The van der Waals surface area contributed by atoms with Gasteiger partial charge in [0.2, 0.25) is 5.91 Å². The lowest BCUT2D eigenvalue weighted by atomic mass is 10.2. The van der Waals surface area contributed by atoms with Gasteiger partial charge in [-0.3, -0.25) is 4.79 Å². The fourth-order valence-corrected chi connectivity index (χ4v) is 2.45. The van der Waals surface area contributed by atoms with E-state index in [1.54, 1.807) is 6.92 Å². The lowest BCUT2D eigenvalue weighted by molar-refractivity contribution is -0.115. The Bertz CT molecular complexity index is 426. The first-order chi connectivity index (χ1) is 9.18. The lowest BCUT2D eigenvalue weighted by Gasteiger charge is -2.25. The number of hydrogen-bond donors (Lipinski definition) is 1. The van der Waals surface area contributed by atoms with Gasteiger partial charge in [0.05, 0.1) is 11.4 Å². The van der Waals surface area contributed by atoms with Crippen LogP contribution >= 0.6 is 11.6 Å². The molecule has 0 bridgehead atoms. The molecule has 2 rings (SSSR count). The molecule has 19 heavy (non-hydrogen) atoms. The molecule has 0 saturated carbocycles. The van der Waals surface area contributed by atoms with Crippen LogP contribution in [0.1, 0.15) is 32.6 Å². The number of alkyl halides is 1. The van der Waals surface area contributed by atoms with Crippen LogP contribution in [0, 0.1) is 0 Å². The van der Waals surface area contributed by atoms with Gasteiger partial charge in [-0.25, -0.2) is 0 Å². The first-order valence-electron chi connectivity index (χ1n) is 6.97. The number of nitrogens with one attached hydrogen (secondary N) is 1. The molecule has 0 radical (unpaired) electrons. The summed E-state index contributed by atoms with van der Waals surface area (Å²) in [7, 11) is 0. The Morgan fingerprint density at radius 1 is 1.21 bits per heavy atom. The molecule has 0 aliphatic carbocycles. The van der Waals surface area contributed by atoms with E-state index in [0.717, 1.165) is 24.5 Å². The first-order valence-corrected chi connectivity index (χ1v) is 7.41. The summed E-state index contributed by atoms with van der Waals surface area (Å²) in [4.78, 5) is 14.1. The summed E-state index contributed by atoms with van der Waals surface area (Å²) < 4.78 is 0. The standard InChI is InChI=1S/C15H21ClN2O/c1-12(16)15(19)17-13-8-4-5-9-14(13)18-10-6-2-3-7-11-18/h4-5,8-9,12H,2-3,6-7,10-11H2,1H3,(H,17,19). The first kappa shape index (κ1) is 14.2. The van der Waals surface area contributed by atoms with Crippen molar-refractivity contribution in [3.8, 4) is 0 Å². The highest BCUT2D eigenvalue weighted by Crippen LogP contribution is 2.28. The van der Waals surface area contributed by atoms with Gasteiger partial charge in [-0.15, -0.1) is 11.6 Å². The van der Waals surface area contributed by atoms with Crippen LogP contribution in [0.25, 0.3) is 0 Å². The highest BCUT2D eigenvalue weighted by molar-refractivity contribution is 6.32. The molecule has 1 aromatic rings. The van der Waals surface area contributed by atoms with Crippen LogP contribution in [-0.2, 0) is 4.79 Å². The zero-order valence-electron chi connectivity index (χ0n) is 11.4. The second kappa shape index (κ2) is 6.80. The van der Waals surface area contributed by atoms with Gasteiger partial charge >= 0.3 is 0 Å². The molecule has 3 nitrogen and oxygen atoms in total. The van der Waals surface area contributed by atoms with Gasteiger partial charge in [0.15, 0.2) is 0 Å². The molecule has 0 aromatic heterocycles. The van der Waals surface area contributed by atoms with E-state index >= 15 is 0 Å². The van der Waals surface area contributed by atoms with Crippen LogP contribution in [0.3, 0.4) is 0 Å². The van der Waals surface area contributed by atoms with Crippen molar-refractivity contribution in [3.63, 3.8) is 0 Å². The number of carbonyl (C=O) groups is 1. The van der Waals surface area contributed by atoms with Crippen molar-refractivity contribution < 1.29 is 4.79 Å². The van der Waals surface area contributed by atoms with Gasteiger partial charge in [0, 0.05) is 13.1 Å². The smallest absolute Gasteiger partial charge is 0.242 e. The SMILES string of the molecule is CC(Cl)C(=O)Nc1ccccc1N1CCCCCC1. The van der Waals surface area contributed by atoms with Crippen molar-refractivity contribution in [2.24, 2.45) is 0 Å². The van der Waals surface area contributed by atoms with Crippen molar-refractivity contribution in [1.82, 2.24) is 0 Å². The Morgan fingerprint density at radius 2 is 1.84 bits per heavy atom. The van der Waals surface area contributed by atoms with Crippen LogP contribution in [0.2, 0.25) is 0 Å². The quantitative estimate of drug-likeness (QED) is 0.858. The number of para-hydroxylation sites is 2. The zero-order chi connectivity index (χ0) is 13.7. The number of hydrogen-bond acceptors (Lipinski definition) is 2. The van der Waals surface area contributed by atoms with E-state index in [1.165, 1.54) is 25.7 Å². The highest BCUT2D eigenvalue weighted by Gasteiger charge is 2.16. The normalized spacial score (nSPS) is 17.7. The minimum Gasteiger partial charge on any atom is -0.370 e. The van der Waals surface area contributed by atoms with E-state index in [2.05, 4.69) is 16.3 Å². The maximum Gasteiger partial charge on any atom is 0.242 e. The van der Waals surface area contributed by atoms with E-state index in [1.807, 2.05) is 18.2 Å². The Morgan fingerprint density at radius 3 is 2.47 bits per heavy atom. The minimum atomic E-state index is -0.516. The highest BCUT2D eigenvalue weighted by atomic mass is 35.5. The molecule has 0 spiro atoms. The number of amides is 1. The Labute approximate surface area is 119 Å². The van der Waals surface area contributed by atoms with Crippen molar-refractivity contribution in [2.75, 3.05) is 23.3 Å². The molecule has 1 heterocycles. The van der Waals surface area contributed by atoms with Crippen molar-refractivity contribution in [2.45, 2.75) is 38.0 Å². The fraction of sp³-hybridized carbons (Fsp3) is 0.533. The summed E-state index contributed by atoms with van der Waals surface area (Å²) >= 11 is 5.82. The molecular weight excluding hydrogens is 260 g/mol. The van der Waals surface area contributed by atoms with Crippen molar-refractivity contribution >= 4 is 28.9 Å². The van der Waals surface area contributed by atoms with Gasteiger partial charge in [-0.05, 0) is 31.9 Å². The van der Waals surface area contributed by atoms with E-state index in [0.29, 0.717) is 0 Å². The van der Waals surface area contributed by atoms with E-state index in [-0.39, 0.29) is 5.91 Å². The average Bonchev–Trinajstić information content (AvgIpc) is 2.68. The molecule has 1 unspecified atom stereocenters. The van der Waals surface area contributed by atoms with Crippen LogP contribution < -0.4 is 10.2 Å². The molecule has 4 heteroatoms. The van der Waals surface area contributed by atoms with E-state index < -0.39 is 5.38 Å². The number of carbonyl (C=O) groups excluding carboxylic acids is 1. The maximum atomic E-state index is 11.8. The summed E-state index contributed by atoms with van der Waals surface area (Å²) in [6.07, 6.45) is 5.02. The third-order valence-electron chi connectivity index (χ3n) is 3.47. The van der Waals surface area contributed by atoms with Gasteiger partial charge in [0.25, 0.3) is 0 Å². The third-order valence-corrected chi connectivity index (χ3v) is 3.67. The molecule has 1 fully saturated rings. The molecule has 1 saturated heterocycles. The van der Waals surface area contributed by atoms with Crippen LogP contribution in [0.4, 0.5) is 11.4 Å². The van der Waals surface area contributed by atoms with Gasteiger partial charge in [0.1, 0.15) is 5.38 Å². The molecule has 1 N–H and O–H groups in total. The molecule has 104 valence electrons. The number of halogens is 1. The number of anilines is 2. The second-order valence-electron chi connectivity index (χ2n) is 5.02. The van der Waals surface area contributed by atoms with Crippen molar-refractivity contribution in [3.05, 3.63) is 24.3 Å². The maximum absolute atomic E-state index is 11.8. The molecule has 1 aliphatic rings. The molecule has 1 aromatic carbocycles. The predicted molar refractivity (Wildman–Crippen MR) is 81.1 cm³/mol. The number of rotatable bonds is 3. The third kappa shape index (κ3) is 3.87. The van der Waals surface area contributed by atoms with Gasteiger partial charge in [-0.2, -0.15) is 0 Å². The monoisotopic (exact) mass is 280 g/mol. The Balaban J connectivity index is 2.17. The summed E-state index contributed by atoms with van der Waals surface area (Å²) in [6.45, 7) is 3.80. The van der Waals surface area contributed by atoms with Gasteiger partial charge in [-0.1, -0.05) is 25.0 Å². The molecule has 1 amide bonds. The van der Waals surface area contributed by atoms with E-state index in [4.69, 9.17) is 11.6 Å². The van der Waals surface area contributed by atoms with Crippen LogP contribution in [0.15, 0.2) is 24.3 Å². The second-order valence-corrected chi connectivity index (χ2v) is 5.68. The topological polar surface area (TPSA) is 32.3 Å². The molecule has 1 aliphatic heterocycles. The molecular formula is C15H21ClN2O. The van der Waals surface area contributed by atoms with Crippen LogP contribution in [-0.4, -0.2) is 24.4 Å². The number of nitrogens with zero attached hydrogens (tertiary/aromatic N) is 1. The lowest BCUT2D eigenvalue weighted by Crippen LogP contribution is -2.27. The molecule has 1 atom stereocenters. The minimum absolute atomic E-state index is 0.149. The summed E-state index contributed by atoms with van der Waals surface area (Å²) in [5.41, 5.74) is 1.97. The predicted octanol–water partition coefficient (Wildman–Crippen LogP) is 3.63. The number of benzene rings is 1. The fourth-order valence-electron chi connectivity index (χ4n) is 2.40. The zero-order valence-corrected chi connectivity index (χ0v) is 12.1. The Kier molecular flexibility index (Phi) is 5.08. The van der Waals surface area contributed by atoms with Crippen molar-refractivity contribution in [1.29, 1.82) is 0 Å². The van der Waals surface area contributed by atoms with E-state index in [9.17, 15) is 4.79 Å². The summed E-state index contributed by atoms with van der Waals surface area (Å²) in [6, 6.07) is 7.97. The average molecular weight is 281 g/mol. The van der Waals surface area contributed by atoms with Gasteiger partial charge < -0.3 is 10.2 Å². The largest absolute Gasteiger partial charge is 0.370 e. The summed E-state index contributed by atoms with van der Waals surface area (Å²) in [5, 5.41) is 2.40. The van der Waals surface area contributed by atoms with Crippen LogP contribution in [0.5, 0.6) is 0 Å². The summed E-state index contributed by atoms with van der Waals surface area (Å²) in [5.74, 6) is -0.149.